The van der Waals surface area contributed by atoms with Crippen LogP contribution in [0.4, 0.5) is 10.8 Å². The summed E-state index contributed by atoms with van der Waals surface area (Å²) < 4.78 is 0. The predicted octanol–water partition coefficient (Wildman–Crippen LogP) is 5.09. The first-order valence-corrected chi connectivity index (χ1v) is 7.45. The summed E-state index contributed by atoms with van der Waals surface area (Å²) >= 11 is 1.61. The minimum absolute atomic E-state index is 0. The number of hydrogen-bond donors (Lipinski definition) is 1. The van der Waals surface area contributed by atoms with E-state index in [9.17, 15) is 0 Å². The quantitative estimate of drug-likeness (QED) is 0.703. The molecule has 108 valence electrons. The molecule has 5 heteroatoms. The number of pyridine rings is 1. The van der Waals surface area contributed by atoms with E-state index < -0.39 is 0 Å². The molecule has 3 nitrogen and oxygen atoms in total. The summed E-state index contributed by atoms with van der Waals surface area (Å²) in [7, 11) is 0. The lowest BCUT2D eigenvalue weighted by Crippen LogP contribution is -1.94. The Morgan fingerprint density at radius 3 is 2.76 bits per heavy atom. The van der Waals surface area contributed by atoms with Crippen molar-refractivity contribution in [3.05, 3.63) is 59.7 Å². The second-order valence-corrected chi connectivity index (χ2v) is 5.27. The van der Waals surface area contributed by atoms with Gasteiger partial charge < -0.3 is 5.32 Å². The summed E-state index contributed by atoms with van der Waals surface area (Å²) in [6.07, 6.45) is 4.61. The van der Waals surface area contributed by atoms with E-state index in [0.717, 1.165) is 28.5 Å². The standard InChI is InChI=1S/C16H15N3S.BrH/c1-2-12-6-3-4-8-14(12)18-16-19-15(11-20-16)13-7-5-9-17-10-13;/h3-11H,2H2,1H3,(H,18,19);1H. The number of nitrogens with one attached hydrogen (secondary N) is 1. The van der Waals surface area contributed by atoms with Crippen molar-refractivity contribution >= 4 is 39.1 Å². The minimum Gasteiger partial charge on any atom is -0.331 e. The van der Waals surface area contributed by atoms with Gasteiger partial charge in [-0.05, 0) is 30.2 Å². The molecule has 0 amide bonds. The van der Waals surface area contributed by atoms with Gasteiger partial charge in [0.2, 0.25) is 0 Å². The fraction of sp³-hybridized carbons (Fsp3) is 0.125. The van der Waals surface area contributed by atoms with Crippen molar-refractivity contribution in [3.63, 3.8) is 0 Å². The molecule has 1 N–H and O–H groups in total. The van der Waals surface area contributed by atoms with Crippen LogP contribution < -0.4 is 5.32 Å². The normalized spacial score (nSPS) is 9.95. The summed E-state index contributed by atoms with van der Waals surface area (Å²) in [5, 5.41) is 6.36. The fourth-order valence-corrected chi connectivity index (χ4v) is 2.78. The molecule has 3 aromatic rings. The van der Waals surface area contributed by atoms with Crippen LogP contribution in [0.2, 0.25) is 0 Å². The van der Waals surface area contributed by atoms with Gasteiger partial charge in [-0.2, -0.15) is 0 Å². The monoisotopic (exact) mass is 361 g/mol. The number of nitrogens with zero attached hydrogens (tertiary/aromatic N) is 2. The van der Waals surface area contributed by atoms with Crippen LogP contribution in [-0.4, -0.2) is 9.97 Å². The van der Waals surface area contributed by atoms with Gasteiger partial charge in [0.15, 0.2) is 5.13 Å². The van der Waals surface area contributed by atoms with Gasteiger partial charge in [-0.3, -0.25) is 4.98 Å². The van der Waals surface area contributed by atoms with Crippen LogP contribution in [0, 0.1) is 0 Å². The molecular weight excluding hydrogens is 346 g/mol. The van der Waals surface area contributed by atoms with Crippen LogP contribution in [0.15, 0.2) is 54.2 Å². The molecule has 0 spiro atoms. The van der Waals surface area contributed by atoms with Crippen LogP contribution in [0.3, 0.4) is 0 Å². The molecule has 0 aliphatic rings. The first-order chi connectivity index (χ1) is 9.86. The van der Waals surface area contributed by atoms with Crippen molar-refractivity contribution in [1.82, 2.24) is 9.97 Å². The Morgan fingerprint density at radius 1 is 1.14 bits per heavy atom. The molecule has 21 heavy (non-hydrogen) atoms. The van der Waals surface area contributed by atoms with E-state index in [1.165, 1.54) is 5.56 Å². The van der Waals surface area contributed by atoms with Crippen LogP contribution in [0.5, 0.6) is 0 Å². The number of aromatic nitrogens is 2. The maximum atomic E-state index is 4.62. The van der Waals surface area contributed by atoms with Crippen LogP contribution in [-0.2, 0) is 6.42 Å². The average molecular weight is 362 g/mol. The van der Waals surface area contributed by atoms with Crippen molar-refractivity contribution in [1.29, 1.82) is 0 Å². The van der Waals surface area contributed by atoms with E-state index in [2.05, 4.69) is 40.4 Å². The molecule has 0 aliphatic heterocycles. The lowest BCUT2D eigenvalue weighted by Gasteiger charge is -2.07. The van der Waals surface area contributed by atoms with E-state index >= 15 is 0 Å². The number of rotatable bonds is 4. The fourth-order valence-electron chi connectivity index (χ4n) is 2.04. The number of para-hydroxylation sites is 1. The molecule has 0 radical (unpaired) electrons. The Hall–Kier alpha value is -1.72. The minimum atomic E-state index is 0. The maximum Gasteiger partial charge on any atom is 0.187 e. The Balaban J connectivity index is 0.00000161. The van der Waals surface area contributed by atoms with Crippen molar-refractivity contribution in [2.45, 2.75) is 13.3 Å². The predicted molar refractivity (Wildman–Crippen MR) is 94.8 cm³/mol. The van der Waals surface area contributed by atoms with Gasteiger partial charge in [0.1, 0.15) is 0 Å². The molecule has 0 fully saturated rings. The van der Waals surface area contributed by atoms with Gasteiger partial charge in [-0.1, -0.05) is 25.1 Å². The third-order valence-corrected chi connectivity index (χ3v) is 3.86. The topological polar surface area (TPSA) is 37.8 Å². The lowest BCUT2D eigenvalue weighted by molar-refractivity contribution is 1.14. The van der Waals surface area contributed by atoms with Gasteiger partial charge in [0, 0.05) is 29.0 Å². The molecule has 2 aromatic heterocycles. The zero-order valence-corrected chi connectivity index (χ0v) is 14.1. The Morgan fingerprint density at radius 2 is 2.00 bits per heavy atom. The molecule has 0 bridgehead atoms. The van der Waals surface area contributed by atoms with E-state index in [4.69, 9.17) is 0 Å². The van der Waals surface area contributed by atoms with Gasteiger partial charge in [-0.25, -0.2) is 4.98 Å². The number of halogens is 1. The number of anilines is 2. The van der Waals surface area contributed by atoms with Crippen LogP contribution >= 0.6 is 28.3 Å². The highest BCUT2D eigenvalue weighted by Gasteiger charge is 2.06. The number of thiazole rings is 1. The van der Waals surface area contributed by atoms with Gasteiger partial charge in [-0.15, -0.1) is 28.3 Å². The summed E-state index contributed by atoms with van der Waals surface area (Å²) in [5.41, 5.74) is 4.42. The lowest BCUT2D eigenvalue weighted by atomic mass is 10.1. The van der Waals surface area contributed by atoms with E-state index in [0.29, 0.717) is 0 Å². The molecule has 2 heterocycles. The Labute approximate surface area is 138 Å². The SMILES string of the molecule is Br.CCc1ccccc1Nc1nc(-c2cccnc2)cs1. The number of benzene rings is 1. The zero-order chi connectivity index (χ0) is 13.8. The van der Waals surface area contributed by atoms with Crippen LogP contribution in [0.1, 0.15) is 12.5 Å². The number of aryl methyl sites for hydroxylation is 1. The smallest absolute Gasteiger partial charge is 0.187 e. The zero-order valence-electron chi connectivity index (χ0n) is 11.6. The van der Waals surface area contributed by atoms with E-state index in [1.54, 1.807) is 17.5 Å². The van der Waals surface area contributed by atoms with Crippen molar-refractivity contribution in [2.24, 2.45) is 0 Å². The highest BCUT2D eigenvalue weighted by Crippen LogP contribution is 2.28. The largest absolute Gasteiger partial charge is 0.331 e. The summed E-state index contributed by atoms with van der Waals surface area (Å²) in [5.74, 6) is 0. The summed E-state index contributed by atoms with van der Waals surface area (Å²) in [4.78, 5) is 8.74. The average Bonchev–Trinajstić information content (AvgIpc) is 2.97. The van der Waals surface area contributed by atoms with E-state index in [1.807, 2.05) is 29.8 Å². The number of hydrogen-bond acceptors (Lipinski definition) is 4. The van der Waals surface area contributed by atoms with Gasteiger partial charge in [0.05, 0.1) is 5.69 Å². The Bertz CT molecular complexity index is 698. The van der Waals surface area contributed by atoms with Gasteiger partial charge >= 0.3 is 0 Å². The molecule has 1 aromatic carbocycles. The summed E-state index contributed by atoms with van der Waals surface area (Å²) in [6, 6.07) is 12.3. The summed E-state index contributed by atoms with van der Waals surface area (Å²) in [6.45, 7) is 2.16. The highest BCUT2D eigenvalue weighted by molar-refractivity contribution is 8.93. The molecule has 0 aliphatic carbocycles. The molecule has 0 saturated carbocycles. The van der Waals surface area contributed by atoms with Crippen LogP contribution in [0.25, 0.3) is 11.3 Å². The molecule has 0 saturated heterocycles. The Kier molecular flexibility index (Phi) is 5.47. The second-order valence-electron chi connectivity index (χ2n) is 4.42. The third kappa shape index (κ3) is 3.68. The van der Waals surface area contributed by atoms with Crippen molar-refractivity contribution in [2.75, 3.05) is 5.32 Å². The molecular formula is C16H16BrN3S. The molecule has 0 atom stereocenters. The van der Waals surface area contributed by atoms with Crippen molar-refractivity contribution in [3.8, 4) is 11.3 Å². The third-order valence-electron chi connectivity index (χ3n) is 3.10. The first-order valence-electron chi connectivity index (χ1n) is 6.57. The first kappa shape index (κ1) is 15.7. The second kappa shape index (κ2) is 7.33. The van der Waals surface area contributed by atoms with Crippen molar-refractivity contribution < 1.29 is 0 Å². The highest BCUT2D eigenvalue weighted by atomic mass is 79.9. The maximum absolute atomic E-state index is 4.62. The van der Waals surface area contributed by atoms with Gasteiger partial charge in [0.25, 0.3) is 0 Å². The molecule has 0 unspecified atom stereocenters. The molecule has 3 rings (SSSR count). The van der Waals surface area contributed by atoms with E-state index in [-0.39, 0.29) is 17.0 Å².